The number of phenolic OH excluding ortho intramolecular Hbond substituents is 1. The molecule has 2 saturated carbocycles. The van der Waals surface area contributed by atoms with Gasteiger partial charge in [0.05, 0.1) is 17.5 Å². The number of nitrogens with zero attached hydrogens (tertiary/aromatic N) is 2. The minimum Gasteiger partial charge on any atom is -0.507 e. The minimum atomic E-state index is -2.83. The Morgan fingerprint density at radius 2 is 1.64 bits per heavy atom. The summed E-state index contributed by atoms with van der Waals surface area (Å²) in [5, 5.41) is 23.9. The van der Waals surface area contributed by atoms with E-state index in [9.17, 15) is 34.2 Å². The Morgan fingerprint density at radius 3 is 2.18 bits per heavy atom. The molecule has 0 heterocycles. The molecule has 0 radical (unpaired) electrons. The van der Waals surface area contributed by atoms with Crippen molar-refractivity contribution in [1.29, 1.82) is 0 Å². The maximum atomic E-state index is 14.6. The van der Waals surface area contributed by atoms with Crippen LogP contribution in [-0.2, 0) is 32.0 Å². The van der Waals surface area contributed by atoms with Crippen molar-refractivity contribution in [2.24, 2.45) is 28.4 Å². The van der Waals surface area contributed by atoms with Gasteiger partial charge in [0.25, 0.3) is 0 Å². The second kappa shape index (κ2) is 10.9. The van der Waals surface area contributed by atoms with E-state index in [1.807, 2.05) is 49.3 Å². The van der Waals surface area contributed by atoms with Crippen LogP contribution in [-0.4, -0.2) is 84.0 Å². The quantitative estimate of drug-likeness (QED) is 0.397. The summed E-state index contributed by atoms with van der Waals surface area (Å²) in [4.78, 5) is 72.2. The molecule has 2 aromatic carbocycles. The molecular formula is C35H43N3O7. The number of Topliss-reactive ketones (excluding diaryl/α,β-unsaturated/α-hetero) is 4. The zero-order chi connectivity index (χ0) is 33.4. The molecule has 0 spiro atoms. The molecule has 1 amide bonds. The predicted molar refractivity (Wildman–Crippen MR) is 169 cm³/mol. The molecule has 0 bridgehead atoms. The number of benzene rings is 2. The molecule has 3 aliphatic carbocycles. The zero-order valence-electron chi connectivity index (χ0n) is 27.1. The van der Waals surface area contributed by atoms with Crippen LogP contribution in [0, 0.1) is 22.7 Å². The summed E-state index contributed by atoms with van der Waals surface area (Å²) in [6.07, 6.45) is 3.14. The molecule has 6 atom stereocenters. The second-order valence-electron chi connectivity index (χ2n) is 14.1. The van der Waals surface area contributed by atoms with Crippen LogP contribution in [0.3, 0.4) is 0 Å². The van der Waals surface area contributed by atoms with Crippen LogP contribution >= 0.6 is 0 Å². The number of rotatable bonds is 7. The predicted octanol–water partition coefficient (Wildman–Crippen LogP) is 2.72. The van der Waals surface area contributed by atoms with Gasteiger partial charge in [-0.3, -0.25) is 28.9 Å². The first-order valence-electron chi connectivity index (χ1n) is 15.5. The number of primary amides is 1. The van der Waals surface area contributed by atoms with E-state index in [0.29, 0.717) is 22.4 Å². The number of carbonyl (C=O) groups is 5. The number of phenols is 1. The largest absolute Gasteiger partial charge is 0.507 e. The molecule has 2 aromatic rings. The van der Waals surface area contributed by atoms with Gasteiger partial charge in [-0.2, -0.15) is 0 Å². The summed E-state index contributed by atoms with van der Waals surface area (Å²) < 4.78 is 0. The number of nitrogens with two attached hydrogens (primary N) is 1. The number of aromatic hydroxyl groups is 1. The van der Waals surface area contributed by atoms with Crippen LogP contribution < -0.4 is 10.6 Å². The summed E-state index contributed by atoms with van der Waals surface area (Å²) in [5.74, 6) is -8.92. The van der Waals surface area contributed by atoms with Crippen molar-refractivity contribution in [1.82, 2.24) is 4.90 Å². The number of unbranched alkanes of at least 4 members (excludes halogenated alkanes) is 1. The highest BCUT2D eigenvalue weighted by molar-refractivity contribution is 6.33. The lowest BCUT2D eigenvalue weighted by Crippen LogP contribution is -2.79. The monoisotopic (exact) mass is 617 g/mol. The summed E-state index contributed by atoms with van der Waals surface area (Å²) in [6.45, 7) is 5.38. The van der Waals surface area contributed by atoms with E-state index in [2.05, 4.69) is 6.92 Å². The van der Waals surface area contributed by atoms with Crippen LogP contribution in [0.4, 0.5) is 5.69 Å². The Kier molecular flexibility index (Phi) is 7.85. The van der Waals surface area contributed by atoms with E-state index in [4.69, 9.17) is 5.73 Å². The summed E-state index contributed by atoms with van der Waals surface area (Å²) in [5.41, 5.74) is 3.32. The lowest BCUT2D eigenvalue weighted by molar-refractivity contribution is -0.203. The van der Waals surface area contributed by atoms with Gasteiger partial charge in [0.1, 0.15) is 5.75 Å². The summed E-state index contributed by atoms with van der Waals surface area (Å²) in [7, 11) is 6.81. The van der Waals surface area contributed by atoms with Crippen LogP contribution in [0.5, 0.6) is 5.75 Å². The normalized spacial score (nSPS) is 31.0. The lowest BCUT2D eigenvalue weighted by atomic mass is 9.42. The van der Waals surface area contributed by atoms with Gasteiger partial charge >= 0.3 is 0 Å². The molecule has 0 saturated heterocycles. The smallest absolute Gasteiger partial charge is 0.235 e. The third-order valence-electron chi connectivity index (χ3n) is 10.5. The minimum absolute atomic E-state index is 0.0239. The van der Waals surface area contributed by atoms with Crippen molar-refractivity contribution in [3.63, 3.8) is 0 Å². The zero-order valence-corrected chi connectivity index (χ0v) is 27.1. The number of aryl methyl sites for hydroxylation is 1. The standard InChI is InChI=1S/C35H43N3O7/c1-8-9-10-18-11-13-19(14-12-18)20-15-22(37(4)5)21-16-33(2)17-34(3)29(38(6)7)28(41)24(32(36)44)30(42)35(34,45)31(43)25(33)27(40)23(21)26(20)39/h11-15,24-25,29,39,45H,8-10,16-17H2,1-7H3,(H2,36,44)/t24?,25?,29-,33+,34+,35-/m1/s1. The van der Waals surface area contributed by atoms with E-state index in [0.717, 1.165) is 24.8 Å². The number of amides is 1. The van der Waals surface area contributed by atoms with Crippen molar-refractivity contribution in [3.05, 3.63) is 47.0 Å². The van der Waals surface area contributed by atoms with Gasteiger partial charge in [-0.25, -0.2) is 0 Å². The molecule has 5 rings (SSSR count). The first-order valence-corrected chi connectivity index (χ1v) is 15.5. The second-order valence-corrected chi connectivity index (χ2v) is 14.1. The van der Waals surface area contributed by atoms with E-state index in [-0.39, 0.29) is 24.2 Å². The van der Waals surface area contributed by atoms with Gasteiger partial charge in [0.15, 0.2) is 34.7 Å². The van der Waals surface area contributed by atoms with Crippen LogP contribution in [0.15, 0.2) is 30.3 Å². The van der Waals surface area contributed by atoms with E-state index in [1.165, 1.54) is 11.8 Å². The van der Waals surface area contributed by atoms with Crippen LogP contribution in [0.2, 0.25) is 0 Å². The van der Waals surface area contributed by atoms with Gasteiger partial charge in [-0.15, -0.1) is 0 Å². The van der Waals surface area contributed by atoms with Crippen molar-refractivity contribution < 1.29 is 34.2 Å². The molecule has 0 aromatic heterocycles. The van der Waals surface area contributed by atoms with E-state index >= 15 is 0 Å². The van der Waals surface area contributed by atoms with Crippen molar-refractivity contribution >= 4 is 34.7 Å². The van der Waals surface area contributed by atoms with Crippen molar-refractivity contribution in [2.45, 2.75) is 64.5 Å². The van der Waals surface area contributed by atoms with Gasteiger partial charge in [-0.1, -0.05) is 51.5 Å². The average Bonchev–Trinajstić information content (AvgIpc) is 2.93. The summed E-state index contributed by atoms with van der Waals surface area (Å²) in [6, 6.07) is 8.40. The number of anilines is 1. The molecular weight excluding hydrogens is 574 g/mol. The molecule has 0 aliphatic heterocycles. The number of hydrogen-bond acceptors (Lipinski definition) is 9. The highest BCUT2D eigenvalue weighted by Gasteiger charge is 2.76. The summed E-state index contributed by atoms with van der Waals surface area (Å²) >= 11 is 0. The maximum Gasteiger partial charge on any atom is 0.235 e. The number of ketones is 4. The van der Waals surface area contributed by atoms with E-state index < -0.39 is 63.3 Å². The van der Waals surface area contributed by atoms with Crippen molar-refractivity contribution in [3.8, 4) is 16.9 Å². The number of hydrogen-bond donors (Lipinski definition) is 3. The fourth-order valence-electron chi connectivity index (χ4n) is 8.62. The molecule has 240 valence electrons. The number of likely N-dealkylation sites (N-methyl/N-ethyl adjacent to an activating group) is 1. The molecule has 2 fully saturated rings. The topological polar surface area (TPSA) is 158 Å². The molecule has 10 nitrogen and oxygen atoms in total. The molecule has 2 unspecified atom stereocenters. The first kappa shape index (κ1) is 32.5. The van der Waals surface area contributed by atoms with E-state index in [1.54, 1.807) is 21.0 Å². The highest BCUT2D eigenvalue weighted by atomic mass is 16.3. The highest BCUT2D eigenvalue weighted by Crippen LogP contribution is 2.62. The van der Waals surface area contributed by atoms with Gasteiger partial charge in [-0.05, 0) is 68.0 Å². The Morgan fingerprint density at radius 1 is 1.02 bits per heavy atom. The van der Waals surface area contributed by atoms with Gasteiger partial charge < -0.3 is 20.8 Å². The van der Waals surface area contributed by atoms with Crippen LogP contribution in [0.25, 0.3) is 11.1 Å². The number of fused-ring (bicyclic) bond motifs is 3. The van der Waals surface area contributed by atoms with Gasteiger partial charge in [0, 0.05) is 30.8 Å². The fourth-order valence-corrected chi connectivity index (χ4v) is 8.62. The van der Waals surface area contributed by atoms with Crippen molar-refractivity contribution in [2.75, 3.05) is 33.1 Å². The first-order chi connectivity index (χ1) is 21.0. The molecule has 45 heavy (non-hydrogen) atoms. The lowest BCUT2D eigenvalue weighted by Gasteiger charge is -2.61. The Labute approximate surface area is 263 Å². The number of carbonyl (C=O) groups excluding carboxylic acids is 5. The van der Waals surface area contributed by atoms with Gasteiger partial charge in [0.2, 0.25) is 5.91 Å². The average molecular weight is 618 g/mol. The SMILES string of the molecule is CCCCc1ccc(-c2cc(N(C)C)c3c(c2O)C(=O)C2C(=O)[C@]4(O)C(=O)C(C(N)=O)C(=O)[C@@H](N(C)C)[C@]4(C)C[C@]2(C)C3)cc1. The third kappa shape index (κ3) is 4.47. The maximum absolute atomic E-state index is 14.6. The molecule has 3 aliphatic rings. The Balaban J connectivity index is 1.71. The molecule has 10 heteroatoms. The van der Waals surface area contributed by atoms with Crippen LogP contribution in [0.1, 0.15) is 61.5 Å². The Bertz CT molecular complexity index is 1630. The number of aliphatic hydroxyl groups is 1. The third-order valence-corrected chi connectivity index (χ3v) is 10.5. The fraction of sp³-hybridized carbons (Fsp3) is 0.514. The molecule has 4 N–H and O–H groups in total. The Hall–Kier alpha value is -3.89.